The fourth-order valence-corrected chi connectivity index (χ4v) is 1.53. The number of benzene rings is 1. The Labute approximate surface area is 75.9 Å². The normalized spacial score (nSPS) is 11.1. The molecule has 0 saturated heterocycles. The smallest absolute Gasteiger partial charge is 0.177 e. The molecule has 0 unspecified atom stereocenters. The van der Waals surface area contributed by atoms with E-state index >= 15 is 0 Å². The Morgan fingerprint density at radius 1 is 0.769 bits per heavy atom. The Kier molecular flexibility index (Phi) is 1.22. The van der Waals surface area contributed by atoms with Crippen molar-refractivity contribution in [2.75, 3.05) is 0 Å². The Morgan fingerprint density at radius 2 is 1.46 bits per heavy atom. The average molecular weight is 168 g/mol. The van der Waals surface area contributed by atoms with E-state index in [2.05, 4.69) is 18.2 Å². The topological polar surface area (TPSA) is 13.1 Å². The lowest BCUT2D eigenvalue weighted by Crippen LogP contribution is -1.66. The summed E-state index contributed by atoms with van der Waals surface area (Å²) in [5.41, 5.74) is 0. The molecule has 0 radical (unpaired) electrons. The van der Waals surface area contributed by atoms with Crippen molar-refractivity contribution in [3.63, 3.8) is 0 Å². The van der Waals surface area contributed by atoms with E-state index in [0.717, 1.165) is 11.5 Å². The monoisotopic (exact) mass is 168 g/mol. The standard InChI is InChI=1S/C12H8O/c1-3-7-10-9(5-1)6-2-4-8-11-12(10)13-11/h1-8H. The highest BCUT2D eigenvalue weighted by Gasteiger charge is 2.15. The van der Waals surface area contributed by atoms with Crippen LogP contribution in [-0.4, -0.2) is 0 Å². The van der Waals surface area contributed by atoms with Crippen molar-refractivity contribution in [2.45, 2.75) is 0 Å². The molecule has 62 valence electrons. The van der Waals surface area contributed by atoms with Gasteiger partial charge in [-0.25, -0.2) is 0 Å². The third-order valence-corrected chi connectivity index (χ3v) is 2.23. The Morgan fingerprint density at radius 3 is 2.31 bits per heavy atom. The first-order valence-corrected chi connectivity index (χ1v) is 4.31. The summed E-state index contributed by atoms with van der Waals surface area (Å²) in [7, 11) is 0. The zero-order chi connectivity index (χ0) is 8.67. The highest BCUT2D eigenvalue weighted by atomic mass is 16.4. The van der Waals surface area contributed by atoms with Gasteiger partial charge in [0.2, 0.25) is 0 Å². The lowest BCUT2D eigenvalue weighted by Gasteiger charge is -1.89. The van der Waals surface area contributed by atoms with Gasteiger partial charge in [-0.3, -0.25) is 0 Å². The molecule has 0 atom stereocenters. The van der Waals surface area contributed by atoms with Gasteiger partial charge < -0.3 is 4.42 Å². The predicted molar refractivity (Wildman–Crippen MR) is 52.8 cm³/mol. The second-order valence-corrected chi connectivity index (χ2v) is 3.10. The van der Waals surface area contributed by atoms with Gasteiger partial charge in [0.05, 0.1) is 0 Å². The zero-order valence-corrected chi connectivity index (χ0v) is 7.03. The molecule has 1 aromatic rings. The molecular weight excluding hydrogens is 160 g/mol. The third kappa shape index (κ3) is 1.01. The summed E-state index contributed by atoms with van der Waals surface area (Å²) in [6, 6.07) is 16.4. The first-order chi connectivity index (χ1) is 6.45. The van der Waals surface area contributed by atoms with Crippen molar-refractivity contribution in [3.8, 4) is 11.5 Å². The minimum Gasteiger partial charge on any atom is -0.449 e. The molecule has 1 aromatic carbocycles. The molecule has 1 aliphatic carbocycles. The molecule has 1 heterocycles. The first-order valence-electron chi connectivity index (χ1n) is 4.31. The molecule has 0 bridgehead atoms. The van der Waals surface area contributed by atoms with Crippen LogP contribution in [0, 0.1) is 0 Å². The van der Waals surface area contributed by atoms with Gasteiger partial charge >= 0.3 is 0 Å². The summed E-state index contributed by atoms with van der Waals surface area (Å²) in [5, 5.41) is 2.41. The van der Waals surface area contributed by atoms with Crippen LogP contribution >= 0.6 is 0 Å². The van der Waals surface area contributed by atoms with Crippen LogP contribution in [0.3, 0.4) is 0 Å². The SMILES string of the molecule is c1ccc2ccccc2c2oc-2c1. The molecule has 0 fully saturated rings. The van der Waals surface area contributed by atoms with E-state index in [0.29, 0.717) is 0 Å². The van der Waals surface area contributed by atoms with E-state index in [4.69, 9.17) is 4.42 Å². The second-order valence-electron chi connectivity index (χ2n) is 3.10. The third-order valence-electron chi connectivity index (χ3n) is 2.23. The minimum atomic E-state index is 0.997. The average Bonchev–Trinajstić information content (AvgIpc) is 2.88. The van der Waals surface area contributed by atoms with Gasteiger partial charge in [-0.2, -0.15) is 0 Å². The fourth-order valence-electron chi connectivity index (χ4n) is 1.53. The molecule has 1 nitrogen and oxygen atoms in total. The van der Waals surface area contributed by atoms with Crippen LogP contribution in [-0.2, 0) is 0 Å². The summed E-state index contributed by atoms with van der Waals surface area (Å²) >= 11 is 0. The molecular formula is C12H8O. The molecule has 0 saturated carbocycles. The van der Waals surface area contributed by atoms with Gasteiger partial charge in [0.1, 0.15) is 0 Å². The number of rotatable bonds is 0. The van der Waals surface area contributed by atoms with Crippen LogP contribution in [0.5, 0.6) is 0 Å². The summed E-state index contributed by atoms with van der Waals surface area (Å²) in [4.78, 5) is 0. The first kappa shape index (κ1) is 6.72. The van der Waals surface area contributed by atoms with Crippen molar-refractivity contribution in [3.05, 3.63) is 48.5 Å². The van der Waals surface area contributed by atoms with Crippen LogP contribution in [0.4, 0.5) is 0 Å². The maximum absolute atomic E-state index is 5.37. The number of hydrogen-bond donors (Lipinski definition) is 0. The van der Waals surface area contributed by atoms with Gasteiger partial charge in [0.25, 0.3) is 0 Å². The molecule has 0 N–H and O–H groups in total. The van der Waals surface area contributed by atoms with E-state index in [-0.39, 0.29) is 0 Å². The van der Waals surface area contributed by atoms with E-state index in [1.165, 1.54) is 10.8 Å². The molecule has 0 spiro atoms. The maximum Gasteiger partial charge on any atom is 0.177 e. The van der Waals surface area contributed by atoms with Gasteiger partial charge in [0.15, 0.2) is 11.5 Å². The predicted octanol–water partition coefficient (Wildman–Crippen LogP) is 3.54. The molecule has 13 heavy (non-hydrogen) atoms. The summed E-state index contributed by atoms with van der Waals surface area (Å²) in [6.07, 6.45) is 0. The Bertz CT molecular complexity index is 522. The van der Waals surface area contributed by atoms with Crippen molar-refractivity contribution in [2.24, 2.45) is 0 Å². The van der Waals surface area contributed by atoms with E-state index in [9.17, 15) is 0 Å². The van der Waals surface area contributed by atoms with E-state index in [1.807, 2.05) is 30.3 Å². The van der Waals surface area contributed by atoms with Gasteiger partial charge in [0, 0.05) is 5.39 Å². The highest BCUT2D eigenvalue weighted by Crippen LogP contribution is 2.36. The van der Waals surface area contributed by atoms with Crippen molar-refractivity contribution >= 4 is 10.8 Å². The minimum absolute atomic E-state index is 0.997. The lowest BCUT2D eigenvalue weighted by atomic mass is 10.1. The largest absolute Gasteiger partial charge is 0.449 e. The van der Waals surface area contributed by atoms with Crippen LogP contribution < -0.4 is 0 Å². The zero-order valence-electron chi connectivity index (χ0n) is 7.03. The Hall–Kier alpha value is -1.76. The quantitative estimate of drug-likeness (QED) is 0.500. The van der Waals surface area contributed by atoms with E-state index in [1.54, 1.807) is 0 Å². The molecule has 0 aromatic heterocycles. The van der Waals surface area contributed by atoms with Gasteiger partial charge in [-0.15, -0.1) is 0 Å². The summed E-state index contributed by atoms with van der Waals surface area (Å²) in [5.74, 6) is 2.02. The van der Waals surface area contributed by atoms with Crippen molar-refractivity contribution < 1.29 is 4.42 Å². The van der Waals surface area contributed by atoms with E-state index < -0.39 is 0 Å². The van der Waals surface area contributed by atoms with Gasteiger partial charge in [-0.05, 0) is 11.5 Å². The number of fused-ring (bicyclic) bond motifs is 3. The second kappa shape index (κ2) is 2.36. The van der Waals surface area contributed by atoms with Crippen LogP contribution in [0.25, 0.3) is 22.3 Å². The van der Waals surface area contributed by atoms with Crippen molar-refractivity contribution in [1.82, 2.24) is 0 Å². The van der Waals surface area contributed by atoms with Crippen LogP contribution in [0.2, 0.25) is 0 Å². The summed E-state index contributed by atoms with van der Waals surface area (Å²) in [6.45, 7) is 0. The maximum atomic E-state index is 5.37. The van der Waals surface area contributed by atoms with Gasteiger partial charge in [-0.1, -0.05) is 42.5 Å². The highest BCUT2D eigenvalue weighted by molar-refractivity contribution is 5.94. The Balaban J connectivity index is 2.49. The molecule has 1 heteroatoms. The van der Waals surface area contributed by atoms with Crippen LogP contribution in [0.15, 0.2) is 52.9 Å². The molecule has 3 rings (SSSR count). The lowest BCUT2D eigenvalue weighted by molar-refractivity contribution is 0.739. The molecule has 2 aliphatic rings. The van der Waals surface area contributed by atoms with Crippen molar-refractivity contribution in [1.29, 1.82) is 0 Å². The molecule has 0 amide bonds. The summed E-state index contributed by atoms with van der Waals surface area (Å²) < 4.78 is 5.37. The fraction of sp³-hybridized carbons (Fsp3) is 0. The van der Waals surface area contributed by atoms with Crippen LogP contribution in [0.1, 0.15) is 0 Å². The number of hydrogen-bond acceptors (Lipinski definition) is 1. The molecule has 1 aliphatic heterocycles.